The Morgan fingerprint density at radius 3 is 2.75 bits per heavy atom. The predicted molar refractivity (Wildman–Crippen MR) is 63.7 cm³/mol. The molecule has 88 valence electrons. The molecule has 0 aliphatic carbocycles. The van der Waals surface area contributed by atoms with Gasteiger partial charge >= 0.3 is 0 Å². The Kier molecular flexibility index (Phi) is 4.08. The molecule has 0 unspecified atom stereocenters. The summed E-state index contributed by atoms with van der Waals surface area (Å²) in [5.41, 5.74) is 2.04. The Hall–Kier alpha value is -1.34. The molecule has 0 aromatic carbocycles. The lowest BCUT2D eigenvalue weighted by Gasteiger charge is -2.14. The highest BCUT2D eigenvalue weighted by molar-refractivity contribution is 5.14. The van der Waals surface area contributed by atoms with Crippen LogP contribution in [0, 0.1) is 23.7 Å². The molecule has 0 spiro atoms. The minimum Gasteiger partial charge on any atom is -0.312 e. The molecular formula is C12H20N4. The van der Waals surface area contributed by atoms with E-state index in [2.05, 4.69) is 16.5 Å². The summed E-state index contributed by atoms with van der Waals surface area (Å²) >= 11 is 0. The van der Waals surface area contributed by atoms with E-state index in [0.717, 1.165) is 25.2 Å². The molecule has 0 aliphatic rings. The molecular weight excluding hydrogens is 200 g/mol. The standard InChI is InChI=1S/C12H20N4/c1-10-11(8-16(4)15-10)7-14-6-5-12(2,3)9-13/h8,14H,5-7H2,1-4H3. The van der Waals surface area contributed by atoms with Gasteiger partial charge in [0.1, 0.15) is 0 Å². The van der Waals surface area contributed by atoms with Gasteiger partial charge in [-0.05, 0) is 33.7 Å². The Balaban J connectivity index is 2.32. The van der Waals surface area contributed by atoms with Crippen LogP contribution in [-0.2, 0) is 13.6 Å². The van der Waals surface area contributed by atoms with Gasteiger partial charge in [0.25, 0.3) is 0 Å². The highest BCUT2D eigenvalue weighted by Gasteiger charge is 2.15. The highest BCUT2D eigenvalue weighted by atomic mass is 15.2. The molecule has 0 saturated carbocycles. The average Bonchev–Trinajstić information content (AvgIpc) is 2.52. The molecule has 0 radical (unpaired) electrons. The van der Waals surface area contributed by atoms with Crippen LogP contribution in [0.2, 0.25) is 0 Å². The zero-order chi connectivity index (χ0) is 12.2. The Morgan fingerprint density at radius 2 is 2.25 bits per heavy atom. The maximum absolute atomic E-state index is 8.87. The van der Waals surface area contributed by atoms with E-state index in [1.165, 1.54) is 5.56 Å². The van der Waals surface area contributed by atoms with E-state index in [0.29, 0.717) is 0 Å². The van der Waals surface area contributed by atoms with Crippen molar-refractivity contribution in [1.29, 1.82) is 5.26 Å². The van der Waals surface area contributed by atoms with Crippen molar-refractivity contribution < 1.29 is 0 Å². The summed E-state index contributed by atoms with van der Waals surface area (Å²) in [5.74, 6) is 0. The van der Waals surface area contributed by atoms with Crippen LogP contribution in [0.25, 0.3) is 0 Å². The number of hydrogen-bond acceptors (Lipinski definition) is 3. The van der Waals surface area contributed by atoms with Crippen molar-refractivity contribution in [3.8, 4) is 6.07 Å². The molecule has 1 heterocycles. The van der Waals surface area contributed by atoms with Crippen molar-refractivity contribution in [2.24, 2.45) is 12.5 Å². The van der Waals surface area contributed by atoms with Gasteiger partial charge in [0, 0.05) is 25.4 Å². The van der Waals surface area contributed by atoms with Crippen LogP contribution in [-0.4, -0.2) is 16.3 Å². The maximum atomic E-state index is 8.87. The lowest BCUT2D eigenvalue weighted by atomic mass is 9.91. The number of nitriles is 1. The zero-order valence-electron chi connectivity index (χ0n) is 10.5. The number of aryl methyl sites for hydroxylation is 2. The van der Waals surface area contributed by atoms with Gasteiger partial charge in [-0.3, -0.25) is 4.68 Å². The van der Waals surface area contributed by atoms with Crippen LogP contribution in [0.4, 0.5) is 0 Å². The first-order valence-corrected chi connectivity index (χ1v) is 5.56. The summed E-state index contributed by atoms with van der Waals surface area (Å²) in [6, 6.07) is 2.30. The fraction of sp³-hybridized carbons (Fsp3) is 0.667. The molecule has 1 rings (SSSR count). The van der Waals surface area contributed by atoms with Gasteiger partial charge in [0.2, 0.25) is 0 Å². The third-order valence-electron chi connectivity index (χ3n) is 2.66. The van der Waals surface area contributed by atoms with Gasteiger partial charge in [-0.1, -0.05) is 0 Å². The fourth-order valence-corrected chi connectivity index (χ4v) is 1.50. The summed E-state index contributed by atoms with van der Waals surface area (Å²) in [6.45, 7) is 7.61. The number of aromatic nitrogens is 2. The predicted octanol–water partition coefficient (Wildman–Crippen LogP) is 1.76. The molecule has 0 atom stereocenters. The smallest absolute Gasteiger partial charge is 0.0684 e. The van der Waals surface area contributed by atoms with Crippen LogP contribution in [0.1, 0.15) is 31.5 Å². The van der Waals surface area contributed by atoms with Crippen molar-refractivity contribution >= 4 is 0 Å². The van der Waals surface area contributed by atoms with Gasteiger partial charge in [-0.15, -0.1) is 0 Å². The van der Waals surface area contributed by atoms with Gasteiger partial charge in [0.05, 0.1) is 17.2 Å². The number of hydrogen-bond donors (Lipinski definition) is 1. The van der Waals surface area contributed by atoms with Gasteiger partial charge in [-0.2, -0.15) is 10.4 Å². The first-order valence-electron chi connectivity index (χ1n) is 5.56. The van der Waals surface area contributed by atoms with Crippen molar-refractivity contribution in [1.82, 2.24) is 15.1 Å². The molecule has 1 aromatic rings. The average molecular weight is 220 g/mol. The fourth-order valence-electron chi connectivity index (χ4n) is 1.50. The lowest BCUT2D eigenvalue weighted by molar-refractivity contribution is 0.432. The minimum atomic E-state index is -0.239. The second-order valence-electron chi connectivity index (χ2n) is 4.84. The lowest BCUT2D eigenvalue weighted by Crippen LogP contribution is -2.21. The van der Waals surface area contributed by atoms with Crippen molar-refractivity contribution in [3.05, 3.63) is 17.5 Å². The van der Waals surface area contributed by atoms with E-state index >= 15 is 0 Å². The molecule has 0 aliphatic heterocycles. The Labute approximate surface area is 97.3 Å². The van der Waals surface area contributed by atoms with E-state index in [1.807, 2.05) is 38.7 Å². The summed E-state index contributed by atoms with van der Waals surface area (Å²) in [5, 5.41) is 16.5. The number of rotatable bonds is 5. The van der Waals surface area contributed by atoms with Gasteiger partial charge in [0.15, 0.2) is 0 Å². The SMILES string of the molecule is Cc1nn(C)cc1CNCCC(C)(C)C#N. The Bertz CT molecular complexity index is 384. The van der Waals surface area contributed by atoms with Crippen LogP contribution in [0.15, 0.2) is 6.20 Å². The molecule has 0 fully saturated rings. The molecule has 1 N–H and O–H groups in total. The quantitative estimate of drug-likeness (QED) is 0.769. The monoisotopic (exact) mass is 220 g/mol. The van der Waals surface area contributed by atoms with E-state index in [4.69, 9.17) is 5.26 Å². The molecule has 1 aromatic heterocycles. The summed E-state index contributed by atoms with van der Waals surface area (Å²) in [7, 11) is 1.93. The summed E-state index contributed by atoms with van der Waals surface area (Å²) in [4.78, 5) is 0. The largest absolute Gasteiger partial charge is 0.312 e. The maximum Gasteiger partial charge on any atom is 0.0684 e. The highest BCUT2D eigenvalue weighted by Crippen LogP contribution is 2.17. The van der Waals surface area contributed by atoms with Crippen LogP contribution in [0.5, 0.6) is 0 Å². The van der Waals surface area contributed by atoms with Crippen molar-refractivity contribution in [2.45, 2.75) is 33.7 Å². The van der Waals surface area contributed by atoms with Gasteiger partial charge < -0.3 is 5.32 Å². The molecule has 0 saturated heterocycles. The van der Waals surface area contributed by atoms with Crippen LogP contribution >= 0.6 is 0 Å². The topological polar surface area (TPSA) is 53.6 Å². The van der Waals surface area contributed by atoms with E-state index in [-0.39, 0.29) is 5.41 Å². The third-order valence-corrected chi connectivity index (χ3v) is 2.66. The van der Waals surface area contributed by atoms with Gasteiger partial charge in [-0.25, -0.2) is 0 Å². The van der Waals surface area contributed by atoms with Crippen LogP contribution < -0.4 is 5.32 Å². The first-order chi connectivity index (χ1) is 7.44. The molecule has 16 heavy (non-hydrogen) atoms. The van der Waals surface area contributed by atoms with E-state index < -0.39 is 0 Å². The summed E-state index contributed by atoms with van der Waals surface area (Å²) in [6.07, 6.45) is 2.89. The summed E-state index contributed by atoms with van der Waals surface area (Å²) < 4.78 is 1.82. The van der Waals surface area contributed by atoms with E-state index in [1.54, 1.807) is 0 Å². The second kappa shape index (κ2) is 5.13. The van der Waals surface area contributed by atoms with Crippen molar-refractivity contribution in [2.75, 3.05) is 6.54 Å². The molecule has 0 amide bonds. The Morgan fingerprint density at radius 1 is 1.56 bits per heavy atom. The first kappa shape index (κ1) is 12.7. The number of nitrogens with one attached hydrogen (secondary N) is 1. The number of nitrogens with zero attached hydrogens (tertiary/aromatic N) is 3. The second-order valence-corrected chi connectivity index (χ2v) is 4.84. The van der Waals surface area contributed by atoms with Crippen LogP contribution in [0.3, 0.4) is 0 Å². The molecule has 4 nitrogen and oxygen atoms in total. The van der Waals surface area contributed by atoms with Crippen molar-refractivity contribution in [3.63, 3.8) is 0 Å². The molecule has 0 bridgehead atoms. The van der Waals surface area contributed by atoms with E-state index in [9.17, 15) is 0 Å². The molecule has 4 heteroatoms. The minimum absolute atomic E-state index is 0.239. The normalized spacial score (nSPS) is 11.4. The zero-order valence-corrected chi connectivity index (χ0v) is 10.5. The third kappa shape index (κ3) is 3.67.